The zero-order valence-corrected chi connectivity index (χ0v) is 24.9. The predicted molar refractivity (Wildman–Crippen MR) is 158 cm³/mol. The first kappa shape index (κ1) is 28.8. The zero-order chi connectivity index (χ0) is 28.6. The number of halogens is 1. The van der Waals surface area contributed by atoms with E-state index in [1.54, 1.807) is 6.07 Å². The van der Waals surface area contributed by atoms with Crippen molar-refractivity contribution in [3.63, 3.8) is 0 Å². The van der Waals surface area contributed by atoms with Gasteiger partial charge in [-0.2, -0.15) is 0 Å². The Morgan fingerprint density at radius 3 is 2.88 bits per heavy atom. The molecule has 1 saturated carbocycles. The number of carbonyl (C=O) groups is 1. The molecule has 0 bridgehead atoms. The first-order valence-electron chi connectivity index (χ1n) is 15.2. The van der Waals surface area contributed by atoms with Crippen molar-refractivity contribution < 1.29 is 28.8 Å². The maximum Gasteiger partial charge on any atom is 0.337 e. The van der Waals surface area contributed by atoms with Crippen molar-refractivity contribution in [3.8, 4) is 5.75 Å². The number of rotatable bonds is 7. The molecule has 0 unspecified atom stereocenters. The van der Waals surface area contributed by atoms with Crippen molar-refractivity contribution in [3.05, 3.63) is 58.1 Å². The van der Waals surface area contributed by atoms with E-state index in [1.807, 2.05) is 25.1 Å². The van der Waals surface area contributed by atoms with E-state index in [-0.39, 0.29) is 36.3 Å². The molecule has 6 atom stereocenters. The first-order valence-corrected chi connectivity index (χ1v) is 15.5. The average Bonchev–Trinajstić information content (AvgIpc) is 3.11. The standard InChI is InChI=1S/C33H42ClNO6/c1-21(18-36)41-26-11-13-39-31(16-26)27-8-5-24(27)17-35-19-33(12-3-4-22-14-25(34)7-9-28(22)33)20-40-30-10-6-23(15-29(30)35)32(37)38-2/h6-7,9-10,14-15,21,24,26-27,31,36H,3-5,8,11-13,16-20H2,1-2H3/t21-,24-,26+,27+,31-,33-/m0/s1. The number of aliphatic hydroxyl groups is 1. The largest absolute Gasteiger partial charge is 0.490 e. The molecule has 2 heterocycles. The second-order valence-corrected chi connectivity index (χ2v) is 12.9. The lowest BCUT2D eigenvalue weighted by atomic mass is 9.67. The number of fused-ring (bicyclic) bond motifs is 3. The Labute approximate surface area is 248 Å². The van der Waals surface area contributed by atoms with Gasteiger partial charge in [0.1, 0.15) is 5.75 Å². The van der Waals surface area contributed by atoms with E-state index in [1.165, 1.54) is 18.2 Å². The van der Waals surface area contributed by atoms with Gasteiger partial charge in [0.2, 0.25) is 0 Å². The van der Waals surface area contributed by atoms with Crippen molar-refractivity contribution in [2.75, 3.05) is 44.9 Å². The maximum atomic E-state index is 12.5. The second-order valence-electron chi connectivity index (χ2n) is 12.5. The highest BCUT2D eigenvalue weighted by molar-refractivity contribution is 6.30. The fourth-order valence-corrected chi connectivity index (χ4v) is 7.74. The number of anilines is 1. The highest BCUT2D eigenvalue weighted by Crippen LogP contribution is 2.47. The molecule has 2 aliphatic carbocycles. The molecule has 0 amide bonds. The Morgan fingerprint density at radius 2 is 2.10 bits per heavy atom. The lowest BCUT2D eigenvalue weighted by Crippen LogP contribution is -2.51. The van der Waals surface area contributed by atoms with E-state index >= 15 is 0 Å². The van der Waals surface area contributed by atoms with Crippen molar-refractivity contribution in [1.29, 1.82) is 0 Å². The average molecular weight is 584 g/mol. The summed E-state index contributed by atoms with van der Waals surface area (Å²) in [5.74, 6) is 1.39. The van der Waals surface area contributed by atoms with E-state index in [4.69, 9.17) is 30.5 Å². The lowest BCUT2D eigenvalue weighted by Gasteiger charge is -2.48. The number of hydrogen-bond acceptors (Lipinski definition) is 7. The number of carbonyl (C=O) groups excluding carboxylic acids is 1. The molecule has 0 radical (unpaired) electrons. The molecule has 6 rings (SSSR count). The zero-order valence-electron chi connectivity index (χ0n) is 24.1. The van der Waals surface area contributed by atoms with Gasteiger partial charge in [-0.3, -0.25) is 0 Å². The number of hydrogen-bond donors (Lipinski definition) is 1. The van der Waals surface area contributed by atoms with Crippen molar-refractivity contribution >= 4 is 23.3 Å². The Bertz CT molecular complexity index is 1250. The van der Waals surface area contributed by atoms with Crippen LogP contribution < -0.4 is 9.64 Å². The molecular weight excluding hydrogens is 542 g/mol. The van der Waals surface area contributed by atoms with Gasteiger partial charge in [0, 0.05) is 36.6 Å². The Kier molecular flexibility index (Phi) is 8.51. The van der Waals surface area contributed by atoms with Crippen LogP contribution in [0.5, 0.6) is 5.75 Å². The van der Waals surface area contributed by atoms with Crippen LogP contribution in [0.15, 0.2) is 36.4 Å². The molecule has 1 spiro atoms. The van der Waals surface area contributed by atoms with Crippen molar-refractivity contribution in [1.82, 2.24) is 0 Å². The number of benzene rings is 2. The summed E-state index contributed by atoms with van der Waals surface area (Å²) < 4.78 is 24.0. The van der Waals surface area contributed by atoms with Crippen LogP contribution >= 0.6 is 11.6 Å². The fourth-order valence-electron chi connectivity index (χ4n) is 7.54. The topological polar surface area (TPSA) is 77.5 Å². The highest BCUT2D eigenvalue weighted by atomic mass is 35.5. The van der Waals surface area contributed by atoms with Crippen molar-refractivity contribution in [2.24, 2.45) is 11.8 Å². The predicted octanol–water partition coefficient (Wildman–Crippen LogP) is 5.57. The molecular formula is C33H42ClNO6. The van der Waals surface area contributed by atoms with Gasteiger partial charge < -0.3 is 29.0 Å². The maximum absolute atomic E-state index is 12.5. The normalized spacial score (nSPS) is 29.9. The Morgan fingerprint density at radius 1 is 1.22 bits per heavy atom. The number of ether oxygens (including phenoxy) is 4. The third kappa shape index (κ3) is 5.83. The molecule has 0 aromatic heterocycles. The SMILES string of the molecule is COC(=O)c1ccc2c(c1)N(C[C@@H]1CC[C@H]1[C@@H]1C[C@H](O[C@@H](C)CO)CCO1)C[C@@]1(CCCc3cc(Cl)ccc31)CO2. The molecule has 4 aliphatic rings. The first-order chi connectivity index (χ1) is 19.9. The van der Waals surface area contributed by atoms with Gasteiger partial charge in [0.05, 0.1) is 49.9 Å². The molecule has 7 nitrogen and oxygen atoms in total. The van der Waals surface area contributed by atoms with Gasteiger partial charge in [-0.25, -0.2) is 4.79 Å². The van der Waals surface area contributed by atoms with Gasteiger partial charge in [-0.1, -0.05) is 17.7 Å². The summed E-state index contributed by atoms with van der Waals surface area (Å²) in [4.78, 5) is 15.0. The van der Waals surface area contributed by atoms with Crippen LogP contribution in [-0.2, 0) is 26.0 Å². The molecule has 2 fully saturated rings. The number of nitrogens with zero attached hydrogens (tertiary/aromatic N) is 1. The van der Waals surface area contributed by atoms with Crippen LogP contribution in [0, 0.1) is 11.8 Å². The fraction of sp³-hybridized carbons (Fsp3) is 0.606. The molecule has 222 valence electrons. The third-order valence-electron chi connectivity index (χ3n) is 9.82. The van der Waals surface area contributed by atoms with Crippen LogP contribution in [0.25, 0.3) is 0 Å². The summed E-state index contributed by atoms with van der Waals surface area (Å²) in [6.45, 7) is 4.93. The molecule has 2 aromatic carbocycles. The summed E-state index contributed by atoms with van der Waals surface area (Å²) in [5, 5.41) is 10.2. The minimum atomic E-state index is -0.343. The van der Waals surface area contributed by atoms with E-state index in [2.05, 4.69) is 17.0 Å². The van der Waals surface area contributed by atoms with Gasteiger partial charge >= 0.3 is 5.97 Å². The van der Waals surface area contributed by atoms with Gasteiger partial charge in [0.25, 0.3) is 0 Å². The molecule has 2 aliphatic heterocycles. The van der Waals surface area contributed by atoms with Gasteiger partial charge in [0.15, 0.2) is 0 Å². The molecule has 1 saturated heterocycles. The van der Waals surface area contributed by atoms with Gasteiger partial charge in [-0.15, -0.1) is 0 Å². The summed E-state index contributed by atoms with van der Waals surface area (Å²) in [6.07, 6.45) is 7.32. The van der Waals surface area contributed by atoms with Crippen LogP contribution in [0.3, 0.4) is 0 Å². The van der Waals surface area contributed by atoms with Gasteiger partial charge in [-0.05, 0) is 98.7 Å². The van der Waals surface area contributed by atoms with E-state index in [0.29, 0.717) is 30.6 Å². The number of methoxy groups -OCH3 is 1. The Balaban J connectivity index is 1.28. The second kappa shape index (κ2) is 12.1. The quantitative estimate of drug-likeness (QED) is 0.427. The highest BCUT2D eigenvalue weighted by Gasteiger charge is 2.45. The van der Waals surface area contributed by atoms with Crippen LogP contribution in [0.2, 0.25) is 5.02 Å². The minimum Gasteiger partial charge on any atom is -0.490 e. The van der Waals surface area contributed by atoms with E-state index < -0.39 is 0 Å². The summed E-state index contributed by atoms with van der Waals surface area (Å²) in [5.41, 5.74) is 3.97. The third-order valence-corrected chi connectivity index (χ3v) is 10.1. The van der Waals surface area contributed by atoms with Crippen LogP contribution in [-0.4, -0.2) is 69.4 Å². The Hall–Kier alpha value is -2.32. The smallest absolute Gasteiger partial charge is 0.337 e. The molecule has 2 aromatic rings. The van der Waals surface area contributed by atoms with E-state index in [0.717, 1.165) is 74.5 Å². The van der Waals surface area contributed by atoms with Crippen LogP contribution in [0.1, 0.15) is 66.9 Å². The summed E-state index contributed by atoms with van der Waals surface area (Å²) in [6, 6.07) is 12.0. The molecule has 1 N–H and O–H groups in total. The van der Waals surface area contributed by atoms with Crippen molar-refractivity contribution in [2.45, 2.75) is 75.6 Å². The minimum absolute atomic E-state index is 0.0369. The summed E-state index contributed by atoms with van der Waals surface area (Å²) in [7, 11) is 1.42. The number of aliphatic hydroxyl groups excluding tert-OH is 1. The number of esters is 1. The molecule has 41 heavy (non-hydrogen) atoms. The summed E-state index contributed by atoms with van der Waals surface area (Å²) >= 11 is 6.41. The monoisotopic (exact) mass is 583 g/mol. The van der Waals surface area contributed by atoms with Crippen LogP contribution in [0.4, 0.5) is 5.69 Å². The van der Waals surface area contributed by atoms with E-state index in [9.17, 15) is 9.90 Å². The number of aryl methyl sites for hydroxylation is 1. The lowest BCUT2D eigenvalue weighted by molar-refractivity contribution is -0.134. The molecule has 8 heteroatoms.